The number of aliphatic hydroxyl groups is 1. The van der Waals surface area contributed by atoms with Crippen molar-refractivity contribution in [1.29, 1.82) is 0 Å². The van der Waals surface area contributed by atoms with Gasteiger partial charge in [0, 0.05) is 11.5 Å². The van der Waals surface area contributed by atoms with Gasteiger partial charge in [-0.2, -0.15) is 37.0 Å². The van der Waals surface area contributed by atoms with Crippen molar-refractivity contribution < 1.29 is 29.4 Å². The van der Waals surface area contributed by atoms with Gasteiger partial charge in [-0.05, 0) is 18.4 Å². The summed E-state index contributed by atoms with van der Waals surface area (Å²) in [6.45, 7) is -0.591. The fourth-order valence-electron chi connectivity index (χ4n) is 1.79. The maximum Gasteiger partial charge on any atom is 0.327 e. The van der Waals surface area contributed by atoms with Crippen molar-refractivity contribution in [2.75, 3.05) is 30.1 Å². The van der Waals surface area contributed by atoms with Crippen LogP contribution >= 0.6 is 37.0 Å². The molecule has 0 heterocycles. The molecular formula is C14H26N4O6S3. The summed E-state index contributed by atoms with van der Waals surface area (Å²) >= 11 is 9.32. The van der Waals surface area contributed by atoms with Crippen LogP contribution in [-0.4, -0.2) is 88.2 Å². The van der Waals surface area contributed by atoms with E-state index in [0.29, 0.717) is 5.75 Å². The lowest BCUT2D eigenvalue weighted by atomic mass is 10.1. The van der Waals surface area contributed by atoms with Gasteiger partial charge in [0.1, 0.15) is 24.2 Å². The van der Waals surface area contributed by atoms with Crippen LogP contribution in [0.5, 0.6) is 0 Å². The Kier molecular flexibility index (Phi) is 13.3. The third-order valence-electron chi connectivity index (χ3n) is 3.39. The van der Waals surface area contributed by atoms with Crippen molar-refractivity contribution in [1.82, 2.24) is 16.0 Å². The number of carbonyl (C=O) groups excluding carboxylic acids is 3. The molecule has 4 atom stereocenters. The Morgan fingerprint density at radius 3 is 1.89 bits per heavy atom. The van der Waals surface area contributed by atoms with E-state index in [1.807, 2.05) is 6.26 Å². The minimum atomic E-state index is -1.24. The molecule has 0 aliphatic rings. The van der Waals surface area contributed by atoms with Crippen molar-refractivity contribution in [2.24, 2.45) is 5.73 Å². The fraction of sp³-hybridized carbons (Fsp3) is 0.714. The van der Waals surface area contributed by atoms with Crippen LogP contribution < -0.4 is 21.7 Å². The first-order chi connectivity index (χ1) is 12.7. The molecule has 0 spiro atoms. The number of nitrogens with two attached hydrogens (primary N) is 1. The van der Waals surface area contributed by atoms with Crippen molar-refractivity contribution in [2.45, 2.75) is 30.6 Å². The molecule has 0 aliphatic heterocycles. The van der Waals surface area contributed by atoms with Gasteiger partial charge in [0.2, 0.25) is 17.7 Å². The minimum Gasteiger partial charge on any atom is -0.480 e. The van der Waals surface area contributed by atoms with Gasteiger partial charge in [0.15, 0.2) is 0 Å². The van der Waals surface area contributed by atoms with E-state index in [9.17, 15) is 19.2 Å². The molecule has 0 fully saturated rings. The highest BCUT2D eigenvalue weighted by Crippen LogP contribution is 2.03. The van der Waals surface area contributed by atoms with Gasteiger partial charge in [0.05, 0.1) is 6.61 Å². The molecule has 7 N–H and O–H groups in total. The van der Waals surface area contributed by atoms with Gasteiger partial charge in [0.25, 0.3) is 0 Å². The molecule has 156 valence electrons. The molecule has 0 aliphatic carbocycles. The zero-order chi connectivity index (χ0) is 21.0. The number of aliphatic hydroxyl groups excluding tert-OH is 1. The predicted octanol–water partition coefficient (Wildman–Crippen LogP) is -2.54. The number of hydrogen-bond acceptors (Lipinski definition) is 9. The summed E-state index contributed by atoms with van der Waals surface area (Å²) in [5, 5.41) is 25.0. The van der Waals surface area contributed by atoms with E-state index in [2.05, 4.69) is 41.2 Å². The number of nitrogens with one attached hydrogen (secondary N) is 3. The van der Waals surface area contributed by atoms with Crippen LogP contribution in [-0.2, 0) is 19.2 Å². The normalized spacial score (nSPS) is 15.1. The van der Waals surface area contributed by atoms with Crippen LogP contribution in [0.3, 0.4) is 0 Å². The van der Waals surface area contributed by atoms with Crippen molar-refractivity contribution >= 4 is 60.7 Å². The van der Waals surface area contributed by atoms with E-state index in [-0.39, 0.29) is 17.9 Å². The van der Waals surface area contributed by atoms with E-state index >= 15 is 0 Å². The minimum absolute atomic E-state index is 0.0685. The van der Waals surface area contributed by atoms with Crippen LogP contribution in [0.1, 0.15) is 6.42 Å². The number of hydrogen-bond donors (Lipinski definition) is 8. The lowest BCUT2D eigenvalue weighted by Crippen LogP contribution is -2.58. The van der Waals surface area contributed by atoms with Gasteiger partial charge in [-0.15, -0.1) is 0 Å². The standard InChI is InChI=1S/C14H26N4O6S3/c1-27-3-2-8(12(21)18-10(6-26)14(23)24)16-13(22)9(5-25)17-11(20)7(15)4-19/h7-10,19,25-26H,2-6,15H2,1H3,(H,16,22)(H,17,20)(H,18,21)(H,23,24). The Labute approximate surface area is 172 Å². The number of carbonyl (C=O) groups is 4. The highest BCUT2D eigenvalue weighted by atomic mass is 32.2. The highest BCUT2D eigenvalue weighted by molar-refractivity contribution is 7.98. The van der Waals surface area contributed by atoms with E-state index in [1.54, 1.807) is 0 Å². The van der Waals surface area contributed by atoms with Gasteiger partial charge in [-0.25, -0.2) is 4.79 Å². The van der Waals surface area contributed by atoms with Crippen LogP contribution in [0.4, 0.5) is 0 Å². The quantitative estimate of drug-likeness (QED) is 0.144. The summed E-state index contributed by atoms with van der Waals surface area (Å²) in [4.78, 5) is 47.5. The van der Waals surface area contributed by atoms with Crippen molar-refractivity contribution in [3.63, 3.8) is 0 Å². The number of aliphatic carboxylic acids is 1. The lowest BCUT2D eigenvalue weighted by Gasteiger charge is -2.24. The summed E-state index contributed by atoms with van der Waals surface area (Å²) in [6.07, 6.45) is 2.07. The van der Waals surface area contributed by atoms with Crippen LogP contribution in [0.2, 0.25) is 0 Å². The third kappa shape index (κ3) is 9.55. The Balaban J connectivity index is 5.07. The number of rotatable bonds is 13. The molecule has 0 aromatic rings. The van der Waals surface area contributed by atoms with E-state index in [1.165, 1.54) is 11.8 Å². The second kappa shape index (κ2) is 13.9. The van der Waals surface area contributed by atoms with Crippen LogP contribution in [0.25, 0.3) is 0 Å². The van der Waals surface area contributed by atoms with Gasteiger partial charge < -0.3 is 31.9 Å². The Hall–Kier alpha value is -1.15. The topological polar surface area (TPSA) is 171 Å². The number of amides is 3. The summed E-state index contributed by atoms with van der Waals surface area (Å²) < 4.78 is 0. The molecule has 0 saturated carbocycles. The molecule has 10 nitrogen and oxygen atoms in total. The maximum atomic E-state index is 12.4. The Bertz CT molecular complexity index is 525. The SMILES string of the molecule is CSCCC(NC(=O)C(CS)NC(=O)C(N)CO)C(=O)NC(CS)C(=O)O. The first-order valence-corrected chi connectivity index (χ1v) is 10.6. The zero-order valence-electron chi connectivity index (χ0n) is 14.8. The Morgan fingerprint density at radius 1 is 0.963 bits per heavy atom. The number of carboxylic acids is 1. The zero-order valence-corrected chi connectivity index (χ0v) is 17.4. The molecule has 27 heavy (non-hydrogen) atoms. The molecule has 0 bridgehead atoms. The second-order valence-electron chi connectivity index (χ2n) is 5.46. The molecule has 4 unspecified atom stereocenters. The number of thioether (sulfide) groups is 1. The lowest BCUT2D eigenvalue weighted by molar-refractivity contribution is -0.141. The second-order valence-corrected chi connectivity index (χ2v) is 7.17. The van der Waals surface area contributed by atoms with E-state index in [0.717, 1.165) is 0 Å². The average Bonchev–Trinajstić information content (AvgIpc) is 2.65. The van der Waals surface area contributed by atoms with Gasteiger partial charge in [-0.1, -0.05) is 0 Å². The monoisotopic (exact) mass is 442 g/mol. The fourth-order valence-corrected chi connectivity index (χ4v) is 2.77. The highest BCUT2D eigenvalue weighted by Gasteiger charge is 2.29. The van der Waals surface area contributed by atoms with Gasteiger partial charge in [-0.3, -0.25) is 14.4 Å². The average molecular weight is 443 g/mol. The first kappa shape index (κ1) is 25.9. The maximum absolute atomic E-state index is 12.4. The first-order valence-electron chi connectivity index (χ1n) is 7.92. The molecule has 0 saturated heterocycles. The summed E-state index contributed by atoms with van der Waals surface area (Å²) in [7, 11) is 0. The third-order valence-corrected chi connectivity index (χ3v) is 4.76. The molecule has 0 aromatic heterocycles. The van der Waals surface area contributed by atoms with Crippen molar-refractivity contribution in [3.8, 4) is 0 Å². The summed E-state index contributed by atoms with van der Waals surface area (Å²) in [5.74, 6) is -2.98. The van der Waals surface area contributed by atoms with Crippen molar-refractivity contribution in [3.05, 3.63) is 0 Å². The largest absolute Gasteiger partial charge is 0.480 e. The molecule has 13 heteroatoms. The molecule has 0 rings (SSSR count). The summed E-state index contributed by atoms with van der Waals surface area (Å²) in [6, 6.07) is -4.47. The number of carboxylic acid groups (broad SMARTS) is 1. The molecule has 0 aromatic carbocycles. The predicted molar refractivity (Wildman–Crippen MR) is 109 cm³/mol. The molecule has 3 amide bonds. The van der Waals surface area contributed by atoms with E-state index in [4.69, 9.17) is 15.9 Å². The van der Waals surface area contributed by atoms with Crippen LogP contribution in [0, 0.1) is 0 Å². The molecular weight excluding hydrogens is 416 g/mol. The summed E-state index contributed by atoms with van der Waals surface area (Å²) in [5.41, 5.74) is 5.38. The van der Waals surface area contributed by atoms with E-state index < -0.39 is 54.5 Å². The Morgan fingerprint density at radius 2 is 1.44 bits per heavy atom. The van der Waals surface area contributed by atoms with Gasteiger partial charge >= 0.3 is 5.97 Å². The molecule has 0 radical (unpaired) electrons. The number of thiol groups is 2. The van der Waals surface area contributed by atoms with Crippen LogP contribution in [0.15, 0.2) is 0 Å². The smallest absolute Gasteiger partial charge is 0.327 e.